The third-order valence-electron chi connectivity index (χ3n) is 3.61. The molecule has 2 aromatic heterocycles. The van der Waals surface area contributed by atoms with E-state index in [9.17, 15) is 0 Å². The summed E-state index contributed by atoms with van der Waals surface area (Å²) in [5.41, 5.74) is 2.23. The Balaban J connectivity index is 2.05. The van der Waals surface area contributed by atoms with E-state index in [1.54, 1.807) is 11.3 Å². The molecule has 0 amide bonds. The fourth-order valence-electron chi connectivity index (χ4n) is 2.54. The molecule has 110 valence electrons. The third-order valence-corrected chi connectivity index (χ3v) is 5.09. The minimum absolute atomic E-state index is 0.121. The first-order valence-corrected chi connectivity index (χ1v) is 8.83. The molecule has 3 rings (SSSR count). The van der Waals surface area contributed by atoms with Crippen molar-refractivity contribution in [1.82, 2.24) is 5.32 Å². The molecule has 1 unspecified atom stereocenters. The quantitative estimate of drug-likeness (QED) is 0.632. The summed E-state index contributed by atoms with van der Waals surface area (Å²) in [4.78, 5) is 1.34. The first-order valence-electron chi connectivity index (χ1n) is 7.16. The van der Waals surface area contributed by atoms with Gasteiger partial charge in [0.2, 0.25) is 0 Å². The van der Waals surface area contributed by atoms with Crippen molar-refractivity contribution in [2.24, 2.45) is 0 Å². The number of hydrogen-bond acceptors (Lipinski definition) is 3. The van der Waals surface area contributed by atoms with Gasteiger partial charge in [-0.2, -0.15) is 0 Å². The summed E-state index contributed by atoms with van der Waals surface area (Å²) in [5, 5.41) is 6.88. The summed E-state index contributed by atoms with van der Waals surface area (Å²) >= 11 is 5.34. The van der Waals surface area contributed by atoms with Gasteiger partial charge in [0.25, 0.3) is 0 Å². The first kappa shape index (κ1) is 14.8. The number of fused-ring (bicyclic) bond motifs is 1. The van der Waals surface area contributed by atoms with Crippen LogP contribution in [0.1, 0.15) is 35.6 Å². The van der Waals surface area contributed by atoms with Crippen LogP contribution in [0.4, 0.5) is 0 Å². The van der Waals surface area contributed by atoms with E-state index in [1.807, 2.05) is 12.1 Å². The van der Waals surface area contributed by atoms with Crippen LogP contribution >= 0.6 is 27.3 Å². The standard InChI is InChI=1S/C17H18BrNOS/c1-3-8-19-16(13-7-9-21-11(13)2)15-10-12-5-4-6-14(18)17(12)20-15/h4-7,9-10,16,19H,3,8H2,1-2H3. The molecule has 0 radical (unpaired) electrons. The fourth-order valence-corrected chi connectivity index (χ4v) is 3.74. The minimum Gasteiger partial charge on any atom is -0.458 e. The second kappa shape index (κ2) is 6.34. The lowest BCUT2D eigenvalue weighted by molar-refractivity contribution is 0.469. The monoisotopic (exact) mass is 363 g/mol. The second-order valence-electron chi connectivity index (χ2n) is 5.13. The Bertz CT molecular complexity index is 746. The molecule has 21 heavy (non-hydrogen) atoms. The topological polar surface area (TPSA) is 25.2 Å². The molecule has 3 aromatic rings. The number of rotatable bonds is 5. The number of benzene rings is 1. The van der Waals surface area contributed by atoms with Gasteiger partial charge < -0.3 is 9.73 Å². The van der Waals surface area contributed by atoms with Gasteiger partial charge in [-0.1, -0.05) is 19.1 Å². The zero-order valence-corrected chi connectivity index (χ0v) is 14.6. The number of para-hydroxylation sites is 1. The lowest BCUT2D eigenvalue weighted by Crippen LogP contribution is -2.22. The molecule has 0 fully saturated rings. The van der Waals surface area contributed by atoms with Crippen molar-refractivity contribution in [3.8, 4) is 0 Å². The Hall–Kier alpha value is -1.10. The highest BCUT2D eigenvalue weighted by Gasteiger charge is 2.20. The molecule has 0 aliphatic carbocycles. The van der Waals surface area contributed by atoms with Crippen molar-refractivity contribution >= 4 is 38.2 Å². The predicted octanol–water partition coefficient (Wildman–Crippen LogP) is 5.65. The van der Waals surface area contributed by atoms with E-state index in [4.69, 9.17) is 4.42 Å². The molecule has 1 N–H and O–H groups in total. The van der Waals surface area contributed by atoms with Gasteiger partial charge in [-0.15, -0.1) is 11.3 Å². The first-order chi connectivity index (χ1) is 10.2. The average molecular weight is 364 g/mol. The molecule has 1 atom stereocenters. The fraction of sp³-hybridized carbons (Fsp3) is 0.294. The molecule has 4 heteroatoms. The Kier molecular flexibility index (Phi) is 4.48. The highest BCUT2D eigenvalue weighted by Crippen LogP contribution is 2.34. The van der Waals surface area contributed by atoms with E-state index in [0.717, 1.165) is 34.2 Å². The van der Waals surface area contributed by atoms with Gasteiger partial charge in [0.15, 0.2) is 0 Å². The van der Waals surface area contributed by atoms with Gasteiger partial charge in [0.05, 0.1) is 10.5 Å². The number of thiophene rings is 1. The van der Waals surface area contributed by atoms with Crippen molar-refractivity contribution in [2.45, 2.75) is 26.3 Å². The summed E-state index contributed by atoms with van der Waals surface area (Å²) in [7, 11) is 0. The SMILES string of the molecule is CCCNC(c1cc2cccc(Br)c2o1)c1ccsc1C. The molecule has 0 saturated heterocycles. The molecule has 0 saturated carbocycles. The molecule has 2 nitrogen and oxygen atoms in total. The van der Waals surface area contributed by atoms with E-state index in [0.29, 0.717) is 0 Å². The number of halogens is 1. The minimum atomic E-state index is 0.121. The number of nitrogens with one attached hydrogen (secondary N) is 1. The molecule has 0 aliphatic heterocycles. The van der Waals surface area contributed by atoms with Gasteiger partial charge in [-0.05, 0) is 65.0 Å². The van der Waals surface area contributed by atoms with Crippen molar-refractivity contribution < 1.29 is 4.42 Å². The van der Waals surface area contributed by atoms with Gasteiger partial charge in [0, 0.05) is 10.3 Å². The molecular weight excluding hydrogens is 346 g/mol. The maximum Gasteiger partial charge on any atom is 0.148 e. The van der Waals surface area contributed by atoms with E-state index >= 15 is 0 Å². The van der Waals surface area contributed by atoms with Crippen LogP contribution in [0.3, 0.4) is 0 Å². The summed E-state index contributed by atoms with van der Waals surface area (Å²) in [6.45, 7) is 5.32. The van der Waals surface area contributed by atoms with Crippen molar-refractivity contribution in [3.05, 3.63) is 56.4 Å². The van der Waals surface area contributed by atoms with Crippen LogP contribution in [0, 0.1) is 6.92 Å². The molecule has 0 bridgehead atoms. The van der Waals surface area contributed by atoms with Crippen LogP contribution in [-0.4, -0.2) is 6.54 Å². The van der Waals surface area contributed by atoms with Crippen LogP contribution in [0.25, 0.3) is 11.0 Å². The van der Waals surface area contributed by atoms with E-state index in [1.165, 1.54) is 10.4 Å². The zero-order chi connectivity index (χ0) is 14.8. The van der Waals surface area contributed by atoms with Crippen LogP contribution in [-0.2, 0) is 0 Å². The van der Waals surface area contributed by atoms with Gasteiger partial charge in [0.1, 0.15) is 11.3 Å². The smallest absolute Gasteiger partial charge is 0.148 e. The number of aryl methyl sites for hydroxylation is 1. The highest BCUT2D eigenvalue weighted by atomic mass is 79.9. The van der Waals surface area contributed by atoms with Crippen LogP contribution in [0.15, 0.2) is 44.6 Å². The van der Waals surface area contributed by atoms with Gasteiger partial charge in [-0.25, -0.2) is 0 Å². The third kappa shape index (κ3) is 2.93. The Morgan fingerprint density at radius 1 is 1.33 bits per heavy atom. The molecule has 0 spiro atoms. The number of furan rings is 1. The maximum atomic E-state index is 6.13. The summed E-state index contributed by atoms with van der Waals surface area (Å²) in [5.74, 6) is 0.979. The van der Waals surface area contributed by atoms with E-state index in [-0.39, 0.29) is 6.04 Å². The predicted molar refractivity (Wildman–Crippen MR) is 93.1 cm³/mol. The highest BCUT2D eigenvalue weighted by molar-refractivity contribution is 9.10. The van der Waals surface area contributed by atoms with Gasteiger partial charge >= 0.3 is 0 Å². The van der Waals surface area contributed by atoms with Crippen molar-refractivity contribution in [3.63, 3.8) is 0 Å². The molecular formula is C17H18BrNOS. The Labute approximate surface area is 137 Å². The number of hydrogen-bond donors (Lipinski definition) is 1. The normalized spacial score (nSPS) is 12.9. The molecule has 2 heterocycles. The average Bonchev–Trinajstić information content (AvgIpc) is 3.07. The second-order valence-corrected chi connectivity index (χ2v) is 7.10. The largest absolute Gasteiger partial charge is 0.458 e. The van der Waals surface area contributed by atoms with Gasteiger partial charge in [-0.3, -0.25) is 0 Å². The Morgan fingerprint density at radius 3 is 2.86 bits per heavy atom. The van der Waals surface area contributed by atoms with Crippen LogP contribution in [0.2, 0.25) is 0 Å². The summed E-state index contributed by atoms with van der Waals surface area (Å²) in [6, 6.07) is 10.6. The maximum absolute atomic E-state index is 6.13. The zero-order valence-electron chi connectivity index (χ0n) is 12.2. The van der Waals surface area contributed by atoms with Crippen molar-refractivity contribution in [2.75, 3.05) is 6.54 Å². The van der Waals surface area contributed by atoms with Crippen LogP contribution < -0.4 is 5.32 Å². The van der Waals surface area contributed by atoms with E-state index in [2.05, 4.69) is 58.7 Å². The van der Waals surface area contributed by atoms with Crippen LogP contribution in [0.5, 0.6) is 0 Å². The molecule has 1 aromatic carbocycles. The molecule has 0 aliphatic rings. The lowest BCUT2D eigenvalue weighted by Gasteiger charge is -2.16. The summed E-state index contributed by atoms with van der Waals surface area (Å²) in [6.07, 6.45) is 1.10. The lowest BCUT2D eigenvalue weighted by atomic mass is 10.1. The summed E-state index contributed by atoms with van der Waals surface area (Å²) < 4.78 is 7.13. The van der Waals surface area contributed by atoms with Crippen molar-refractivity contribution in [1.29, 1.82) is 0 Å². The van der Waals surface area contributed by atoms with E-state index < -0.39 is 0 Å². The Morgan fingerprint density at radius 2 is 2.19 bits per heavy atom.